The summed E-state index contributed by atoms with van der Waals surface area (Å²) >= 11 is 0. The Morgan fingerprint density at radius 2 is 2.00 bits per heavy atom. The van der Waals surface area contributed by atoms with E-state index in [-0.39, 0.29) is 17.0 Å². The van der Waals surface area contributed by atoms with Crippen molar-refractivity contribution < 1.29 is 17.6 Å². The second-order valence-corrected chi connectivity index (χ2v) is 7.12. The molecule has 0 saturated heterocycles. The van der Waals surface area contributed by atoms with Gasteiger partial charge in [0.15, 0.2) is 0 Å². The van der Waals surface area contributed by atoms with Crippen LogP contribution in [0.25, 0.3) is 0 Å². The molecule has 0 saturated carbocycles. The molecule has 5 nitrogen and oxygen atoms in total. The van der Waals surface area contributed by atoms with Gasteiger partial charge in [-0.1, -0.05) is 6.08 Å². The first kappa shape index (κ1) is 17.3. The van der Waals surface area contributed by atoms with Gasteiger partial charge in [0.25, 0.3) is 5.91 Å². The molecule has 0 aliphatic carbocycles. The van der Waals surface area contributed by atoms with Gasteiger partial charge in [-0.3, -0.25) is 4.79 Å². The van der Waals surface area contributed by atoms with Gasteiger partial charge < -0.3 is 4.90 Å². The number of hydrogen-bond acceptors (Lipinski definition) is 3. The molecule has 1 aromatic carbocycles. The lowest BCUT2D eigenvalue weighted by atomic mass is 10.0. The van der Waals surface area contributed by atoms with Gasteiger partial charge in [0.05, 0.1) is 10.5 Å². The van der Waals surface area contributed by atoms with Gasteiger partial charge in [-0.15, -0.1) is 6.58 Å². The van der Waals surface area contributed by atoms with E-state index in [1.165, 1.54) is 4.90 Å². The van der Waals surface area contributed by atoms with Gasteiger partial charge in [0.1, 0.15) is 5.82 Å². The molecule has 7 heteroatoms. The minimum Gasteiger partial charge on any atom is -0.330 e. The molecule has 21 heavy (non-hydrogen) atoms. The van der Waals surface area contributed by atoms with E-state index in [0.717, 1.165) is 18.2 Å². The lowest BCUT2D eigenvalue weighted by molar-refractivity contribution is 0.0611. The van der Waals surface area contributed by atoms with Crippen LogP contribution >= 0.6 is 0 Å². The number of sulfonamides is 1. The zero-order valence-electron chi connectivity index (χ0n) is 12.3. The summed E-state index contributed by atoms with van der Waals surface area (Å²) in [6.07, 6.45) is 1.54. The summed E-state index contributed by atoms with van der Waals surface area (Å²) in [5, 5.41) is 4.93. The van der Waals surface area contributed by atoms with Crippen molar-refractivity contribution in [1.29, 1.82) is 0 Å². The zero-order chi connectivity index (χ0) is 16.4. The molecule has 2 N–H and O–H groups in total. The number of primary sulfonamides is 1. The Labute approximate surface area is 124 Å². The van der Waals surface area contributed by atoms with Crippen LogP contribution in [0, 0.1) is 5.82 Å². The molecule has 0 fully saturated rings. The van der Waals surface area contributed by atoms with Crippen molar-refractivity contribution in [2.45, 2.75) is 31.2 Å². The average Bonchev–Trinajstić information content (AvgIpc) is 2.32. The number of amides is 1. The predicted octanol–water partition coefficient (Wildman–Crippen LogP) is 1.90. The Kier molecular flexibility index (Phi) is 4.91. The van der Waals surface area contributed by atoms with Crippen molar-refractivity contribution in [3.05, 3.63) is 42.2 Å². The summed E-state index contributed by atoms with van der Waals surface area (Å²) in [7, 11) is -4.01. The van der Waals surface area contributed by atoms with Gasteiger partial charge in [-0.2, -0.15) is 0 Å². The number of rotatable bonds is 4. The third-order valence-electron chi connectivity index (χ3n) is 2.87. The van der Waals surface area contributed by atoms with Crippen LogP contribution in [0.5, 0.6) is 0 Å². The fraction of sp³-hybridized carbons (Fsp3) is 0.357. The van der Waals surface area contributed by atoms with E-state index >= 15 is 0 Å². The SMILES string of the molecule is C=CCN(C(=O)c1ccc(S(N)(=O)=O)cc1F)C(C)(C)C. The lowest BCUT2D eigenvalue weighted by Gasteiger charge is -2.35. The van der Waals surface area contributed by atoms with Crippen LogP contribution in [0.15, 0.2) is 35.7 Å². The number of carbonyl (C=O) groups excluding carboxylic acids is 1. The van der Waals surface area contributed by atoms with Crippen LogP contribution in [0.1, 0.15) is 31.1 Å². The van der Waals surface area contributed by atoms with Gasteiger partial charge >= 0.3 is 0 Å². The Balaban J connectivity index is 3.27. The smallest absolute Gasteiger partial charge is 0.257 e. The van der Waals surface area contributed by atoms with Crippen LogP contribution in [-0.4, -0.2) is 31.3 Å². The Morgan fingerprint density at radius 1 is 1.43 bits per heavy atom. The molecule has 0 aliphatic heterocycles. The highest BCUT2D eigenvalue weighted by molar-refractivity contribution is 7.89. The first-order valence-corrected chi connectivity index (χ1v) is 7.78. The summed E-state index contributed by atoms with van der Waals surface area (Å²) in [5.74, 6) is -1.47. The van der Waals surface area contributed by atoms with Crippen molar-refractivity contribution in [2.24, 2.45) is 5.14 Å². The molecule has 0 heterocycles. The van der Waals surface area contributed by atoms with Crippen LogP contribution in [-0.2, 0) is 10.0 Å². The van der Waals surface area contributed by atoms with Crippen molar-refractivity contribution in [3.63, 3.8) is 0 Å². The number of halogens is 1. The van der Waals surface area contributed by atoms with Crippen LogP contribution < -0.4 is 5.14 Å². The molecular weight excluding hydrogens is 295 g/mol. The Hall–Kier alpha value is -1.73. The predicted molar refractivity (Wildman–Crippen MR) is 78.8 cm³/mol. The minimum absolute atomic E-state index is 0.209. The van der Waals surface area contributed by atoms with Crippen LogP contribution in [0.3, 0.4) is 0 Å². The fourth-order valence-corrected chi connectivity index (χ4v) is 2.31. The maximum Gasteiger partial charge on any atom is 0.257 e. The highest BCUT2D eigenvalue weighted by Gasteiger charge is 2.28. The average molecular weight is 314 g/mol. The van der Waals surface area contributed by atoms with Crippen molar-refractivity contribution in [3.8, 4) is 0 Å². The van der Waals surface area contributed by atoms with E-state index in [9.17, 15) is 17.6 Å². The number of carbonyl (C=O) groups is 1. The summed E-state index contributed by atoms with van der Waals surface area (Å²) in [5.41, 5.74) is -0.741. The first-order chi connectivity index (χ1) is 9.48. The third kappa shape index (κ3) is 4.12. The van der Waals surface area contributed by atoms with Gasteiger partial charge in [0.2, 0.25) is 10.0 Å². The molecule has 0 aliphatic rings. The molecule has 0 aromatic heterocycles. The van der Waals surface area contributed by atoms with Gasteiger partial charge in [0, 0.05) is 12.1 Å². The maximum absolute atomic E-state index is 14.0. The normalized spacial score (nSPS) is 12.0. The van der Waals surface area contributed by atoms with Crippen LogP contribution in [0.2, 0.25) is 0 Å². The number of nitrogens with zero attached hydrogens (tertiary/aromatic N) is 1. The summed E-state index contributed by atoms with van der Waals surface area (Å²) in [6, 6.07) is 2.98. The molecule has 116 valence electrons. The highest BCUT2D eigenvalue weighted by Crippen LogP contribution is 2.20. The van der Waals surface area contributed by atoms with E-state index in [4.69, 9.17) is 5.14 Å². The van der Waals surface area contributed by atoms with E-state index < -0.39 is 27.3 Å². The van der Waals surface area contributed by atoms with Crippen molar-refractivity contribution in [2.75, 3.05) is 6.54 Å². The number of nitrogens with two attached hydrogens (primary N) is 1. The summed E-state index contributed by atoms with van der Waals surface area (Å²) in [6.45, 7) is 9.26. The molecule has 1 amide bonds. The Morgan fingerprint density at radius 3 is 2.38 bits per heavy atom. The standard InChI is InChI=1S/C14H19FN2O3S/c1-5-8-17(14(2,3)4)13(18)11-7-6-10(9-12(11)15)21(16,19)20/h5-7,9H,1,8H2,2-4H3,(H2,16,19,20). The molecule has 0 spiro atoms. The quantitative estimate of drug-likeness (QED) is 0.862. The number of benzene rings is 1. The second kappa shape index (κ2) is 5.95. The highest BCUT2D eigenvalue weighted by atomic mass is 32.2. The molecule has 0 radical (unpaired) electrons. The first-order valence-electron chi connectivity index (χ1n) is 6.23. The summed E-state index contributed by atoms with van der Waals surface area (Å²) in [4.78, 5) is 13.5. The van der Waals surface area contributed by atoms with Gasteiger partial charge in [-0.25, -0.2) is 17.9 Å². The lowest BCUT2D eigenvalue weighted by Crippen LogP contribution is -2.46. The van der Waals surface area contributed by atoms with Crippen LogP contribution in [0.4, 0.5) is 4.39 Å². The molecule has 0 unspecified atom stereocenters. The topological polar surface area (TPSA) is 80.5 Å². The van der Waals surface area contributed by atoms with Gasteiger partial charge in [-0.05, 0) is 39.0 Å². The van der Waals surface area contributed by atoms with Crippen molar-refractivity contribution >= 4 is 15.9 Å². The molecule has 0 atom stereocenters. The van der Waals surface area contributed by atoms with E-state index in [2.05, 4.69) is 6.58 Å². The maximum atomic E-state index is 14.0. The van der Waals surface area contributed by atoms with E-state index in [0.29, 0.717) is 0 Å². The molecule has 0 bridgehead atoms. The largest absolute Gasteiger partial charge is 0.330 e. The summed E-state index contributed by atoms with van der Waals surface area (Å²) < 4.78 is 36.4. The molecule has 1 rings (SSSR count). The zero-order valence-corrected chi connectivity index (χ0v) is 13.1. The monoisotopic (exact) mass is 314 g/mol. The fourth-order valence-electron chi connectivity index (χ4n) is 1.78. The van der Waals surface area contributed by atoms with E-state index in [1.807, 2.05) is 20.8 Å². The third-order valence-corrected chi connectivity index (χ3v) is 3.78. The van der Waals surface area contributed by atoms with Crippen molar-refractivity contribution in [1.82, 2.24) is 4.90 Å². The Bertz CT molecular complexity index is 663. The second-order valence-electron chi connectivity index (χ2n) is 5.56. The molecular formula is C14H19FN2O3S. The molecule has 1 aromatic rings. The minimum atomic E-state index is -4.01. The van der Waals surface area contributed by atoms with E-state index in [1.54, 1.807) is 6.08 Å². The number of hydrogen-bond donors (Lipinski definition) is 1.